The summed E-state index contributed by atoms with van der Waals surface area (Å²) in [6.45, 7) is 16.7. The average molecular weight is 399 g/mol. The number of methoxy groups -OCH3 is 1. The van der Waals surface area contributed by atoms with E-state index >= 15 is 0 Å². The van der Waals surface area contributed by atoms with E-state index in [-0.39, 0.29) is 35.5 Å². The highest BCUT2D eigenvalue weighted by Crippen LogP contribution is 2.21. The molecule has 0 amide bonds. The molecule has 0 saturated carbocycles. The van der Waals surface area contributed by atoms with Crippen molar-refractivity contribution in [3.05, 3.63) is 0 Å². The maximum atomic E-state index is 5.53. The molecule has 0 fully saturated rings. The number of hydrogen-bond donors (Lipinski definition) is 2. The highest BCUT2D eigenvalue weighted by atomic mass is 127. The molecule has 0 aliphatic carbocycles. The fourth-order valence-corrected chi connectivity index (χ4v) is 1.58. The van der Waals surface area contributed by atoms with Crippen molar-refractivity contribution in [1.29, 1.82) is 0 Å². The third-order valence-corrected chi connectivity index (χ3v) is 3.37. The summed E-state index contributed by atoms with van der Waals surface area (Å²) < 4.78 is 5.53. The third kappa shape index (κ3) is 9.00. The molecule has 0 rings (SSSR count). The van der Waals surface area contributed by atoms with Gasteiger partial charge in [0.1, 0.15) is 0 Å². The Kier molecular flexibility index (Phi) is 11.8. The smallest absolute Gasteiger partial charge is 0.191 e. The largest absolute Gasteiger partial charge is 0.379 e. The van der Waals surface area contributed by atoms with Crippen molar-refractivity contribution in [2.24, 2.45) is 16.3 Å². The van der Waals surface area contributed by atoms with Crippen LogP contribution in [0.3, 0.4) is 0 Å². The van der Waals surface area contributed by atoms with Crippen molar-refractivity contribution in [2.45, 2.75) is 60.6 Å². The van der Waals surface area contributed by atoms with Crippen LogP contribution in [-0.4, -0.2) is 38.3 Å². The fraction of sp³-hybridized carbons (Fsp3) is 0.933. The van der Waals surface area contributed by atoms with Crippen LogP contribution in [-0.2, 0) is 4.74 Å². The summed E-state index contributed by atoms with van der Waals surface area (Å²) in [5, 5.41) is 6.71. The molecule has 0 aromatic carbocycles. The van der Waals surface area contributed by atoms with Crippen molar-refractivity contribution in [1.82, 2.24) is 10.6 Å². The van der Waals surface area contributed by atoms with E-state index in [0.29, 0.717) is 18.5 Å². The molecule has 2 atom stereocenters. The van der Waals surface area contributed by atoms with Gasteiger partial charge in [0.25, 0.3) is 0 Å². The maximum Gasteiger partial charge on any atom is 0.191 e. The lowest BCUT2D eigenvalue weighted by atomic mass is 9.89. The van der Waals surface area contributed by atoms with E-state index in [2.05, 4.69) is 64.1 Å². The van der Waals surface area contributed by atoms with E-state index in [0.717, 1.165) is 12.5 Å². The number of rotatable bonds is 6. The first-order chi connectivity index (χ1) is 8.72. The Morgan fingerprint density at radius 3 is 2.10 bits per heavy atom. The van der Waals surface area contributed by atoms with Gasteiger partial charge in [0.05, 0.1) is 12.6 Å². The summed E-state index contributed by atoms with van der Waals surface area (Å²) in [5.41, 5.74) is 0.0965. The van der Waals surface area contributed by atoms with Gasteiger partial charge in [-0.05, 0) is 25.2 Å². The van der Waals surface area contributed by atoms with E-state index in [4.69, 9.17) is 4.74 Å². The average Bonchev–Trinajstić information content (AvgIpc) is 2.27. The van der Waals surface area contributed by atoms with Crippen LogP contribution in [0.1, 0.15) is 48.5 Å². The second-order valence-corrected chi connectivity index (χ2v) is 6.49. The lowest BCUT2D eigenvalue weighted by Gasteiger charge is -2.28. The molecular formula is C15H34IN3O. The zero-order chi connectivity index (χ0) is 15.1. The van der Waals surface area contributed by atoms with E-state index in [1.54, 1.807) is 7.11 Å². The maximum absolute atomic E-state index is 5.53. The molecule has 4 nitrogen and oxygen atoms in total. The first-order valence-electron chi connectivity index (χ1n) is 7.30. The molecule has 0 bridgehead atoms. The van der Waals surface area contributed by atoms with Gasteiger partial charge >= 0.3 is 0 Å². The molecule has 0 aromatic heterocycles. The minimum atomic E-state index is 0. The van der Waals surface area contributed by atoms with Crippen LogP contribution in [0, 0.1) is 11.3 Å². The van der Waals surface area contributed by atoms with Gasteiger partial charge in [-0.25, -0.2) is 0 Å². The van der Waals surface area contributed by atoms with Crippen molar-refractivity contribution in [3.8, 4) is 0 Å². The predicted octanol–water partition coefficient (Wildman–Crippen LogP) is 3.27. The van der Waals surface area contributed by atoms with Crippen LogP contribution < -0.4 is 10.6 Å². The third-order valence-electron chi connectivity index (χ3n) is 3.37. The summed E-state index contributed by atoms with van der Waals surface area (Å²) in [6, 6.07) is 0.397. The molecule has 20 heavy (non-hydrogen) atoms. The van der Waals surface area contributed by atoms with Crippen LogP contribution >= 0.6 is 24.0 Å². The first kappa shape index (κ1) is 22.2. The zero-order valence-electron chi connectivity index (χ0n) is 14.4. The second-order valence-electron chi connectivity index (χ2n) is 6.49. The molecular weight excluding hydrogens is 365 g/mol. The van der Waals surface area contributed by atoms with Gasteiger partial charge in [0.2, 0.25) is 0 Å². The van der Waals surface area contributed by atoms with Crippen molar-refractivity contribution in [3.63, 3.8) is 0 Å². The highest BCUT2D eigenvalue weighted by Gasteiger charge is 2.24. The number of ether oxygens (including phenoxy) is 1. The monoisotopic (exact) mass is 399 g/mol. The van der Waals surface area contributed by atoms with Gasteiger partial charge in [0, 0.05) is 19.7 Å². The SMILES string of the molecule is CCNC(=NCC(OC)C(C)(C)C)NC(C)C(C)C.I. The standard InChI is InChI=1S/C15H33N3O.HI/c1-9-16-14(18-12(4)11(2)3)17-10-13(19-8)15(5,6)7;/h11-13H,9-10H2,1-8H3,(H2,16,17,18);1H. The molecule has 0 spiro atoms. The van der Waals surface area contributed by atoms with Gasteiger partial charge in [-0.3, -0.25) is 4.99 Å². The van der Waals surface area contributed by atoms with Gasteiger partial charge in [-0.1, -0.05) is 34.6 Å². The van der Waals surface area contributed by atoms with E-state index in [9.17, 15) is 0 Å². The fourth-order valence-electron chi connectivity index (χ4n) is 1.58. The van der Waals surface area contributed by atoms with Crippen LogP contribution in [0.2, 0.25) is 0 Å². The summed E-state index contributed by atoms with van der Waals surface area (Å²) in [5.74, 6) is 1.44. The Hall–Kier alpha value is -0.0400. The quantitative estimate of drug-likeness (QED) is 0.410. The predicted molar refractivity (Wildman–Crippen MR) is 99.1 cm³/mol. The number of nitrogens with one attached hydrogen (secondary N) is 2. The van der Waals surface area contributed by atoms with E-state index in [1.165, 1.54) is 0 Å². The summed E-state index contributed by atoms with van der Waals surface area (Å²) in [6.07, 6.45) is 0.123. The van der Waals surface area contributed by atoms with Crippen LogP contribution in [0.4, 0.5) is 0 Å². The number of nitrogens with zero attached hydrogens (tertiary/aromatic N) is 1. The summed E-state index contributed by atoms with van der Waals surface area (Å²) in [7, 11) is 1.75. The van der Waals surface area contributed by atoms with E-state index in [1.807, 2.05) is 0 Å². The number of hydrogen-bond acceptors (Lipinski definition) is 2. The Balaban J connectivity index is 0. The van der Waals surface area contributed by atoms with Crippen molar-refractivity contribution in [2.75, 3.05) is 20.2 Å². The van der Waals surface area contributed by atoms with Crippen LogP contribution in [0.25, 0.3) is 0 Å². The molecule has 0 radical (unpaired) electrons. The summed E-state index contributed by atoms with van der Waals surface area (Å²) in [4.78, 5) is 4.64. The molecule has 0 saturated heterocycles. The second kappa shape index (κ2) is 10.7. The molecule has 122 valence electrons. The van der Waals surface area contributed by atoms with Gasteiger partial charge in [-0.2, -0.15) is 0 Å². The number of halogens is 1. The number of aliphatic imine (C=N–C) groups is 1. The minimum absolute atomic E-state index is 0. The molecule has 2 unspecified atom stereocenters. The highest BCUT2D eigenvalue weighted by molar-refractivity contribution is 14.0. The Labute approximate surface area is 142 Å². The molecule has 0 heterocycles. The lowest BCUT2D eigenvalue weighted by Crippen LogP contribution is -2.45. The molecule has 0 aliphatic rings. The van der Waals surface area contributed by atoms with Gasteiger partial charge in [0.15, 0.2) is 5.96 Å². The van der Waals surface area contributed by atoms with Crippen LogP contribution in [0.5, 0.6) is 0 Å². The normalized spacial score (nSPS) is 15.6. The van der Waals surface area contributed by atoms with E-state index < -0.39 is 0 Å². The van der Waals surface area contributed by atoms with Gasteiger partial charge < -0.3 is 15.4 Å². The van der Waals surface area contributed by atoms with Gasteiger partial charge in [-0.15, -0.1) is 24.0 Å². The molecule has 5 heteroatoms. The Morgan fingerprint density at radius 2 is 1.75 bits per heavy atom. The lowest BCUT2D eigenvalue weighted by molar-refractivity contribution is 0.0241. The minimum Gasteiger partial charge on any atom is -0.379 e. The van der Waals surface area contributed by atoms with Crippen molar-refractivity contribution < 1.29 is 4.74 Å². The molecule has 0 aromatic rings. The Bertz CT molecular complexity index is 275. The topological polar surface area (TPSA) is 45.7 Å². The van der Waals surface area contributed by atoms with Crippen LogP contribution in [0.15, 0.2) is 4.99 Å². The van der Waals surface area contributed by atoms with Crippen molar-refractivity contribution >= 4 is 29.9 Å². The summed E-state index contributed by atoms with van der Waals surface area (Å²) >= 11 is 0. The molecule has 0 aliphatic heterocycles. The number of guanidine groups is 1. The Morgan fingerprint density at radius 1 is 1.20 bits per heavy atom. The zero-order valence-corrected chi connectivity index (χ0v) is 16.7. The molecule has 2 N–H and O–H groups in total. The first-order valence-corrected chi connectivity index (χ1v) is 7.30.